The summed E-state index contributed by atoms with van der Waals surface area (Å²) in [4.78, 5) is 16.0. The van der Waals surface area contributed by atoms with Gasteiger partial charge in [-0.1, -0.05) is 19.3 Å². The highest BCUT2D eigenvalue weighted by Gasteiger charge is 2.23. The Morgan fingerprint density at radius 3 is 2.72 bits per heavy atom. The number of piperazine rings is 1. The molecule has 154 valence electrons. The highest BCUT2D eigenvalue weighted by Crippen LogP contribution is 2.32. The summed E-state index contributed by atoms with van der Waals surface area (Å²) in [5, 5.41) is 12.5. The van der Waals surface area contributed by atoms with E-state index in [-0.39, 0.29) is 17.5 Å². The van der Waals surface area contributed by atoms with Crippen LogP contribution in [-0.4, -0.2) is 49.8 Å². The van der Waals surface area contributed by atoms with E-state index in [2.05, 4.69) is 28.4 Å². The van der Waals surface area contributed by atoms with E-state index in [1.807, 2.05) is 6.07 Å². The van der Waals surface area contributed by atoms with E-state index in [0.717, 1.165) is 69.9 Å². The zero-order valence-corrected chi connectivity index (χ0v) is 16.8. The molecule has 0 atom stereocenters. The summed E-state index contributed by atoms with van der Waals surface area (Å²) >= 11 is 0. The van der Waals surface area contributed by atoms with Gasteiger partial charge >= 0.3 is 0 Å². The molecular formula is C22H29N4O3+. The van der Waals surface area contributed by atoms with Crippen LogP contribution < -0.4 is 19.7 Å². The zero-order chi connectivity index (χ0) is 20.1. The highest BCUT2D eigenvalue weighted by molar-refractivity contribution is 5.97. The van der Waals surface area contributed by atoms with E-state index in [1.165, 1.54) is 16.9 Å². The number of ether oxygens (including phenoxy) is 2. The molecule has 0 unspecified atom stereocenters. The van der Waals surface area contributed by atoms with E-state index in [0.29, 0.717) is 6.79 Å². The fraction of sp³-hybridized carbons (Fsp3) is 0.545. The van der Waals surface area contributed by atoms with E-state index in [9.17, 15) is 10.1 Å². The van der Waals surface area contributed by atoms with E-state index in [1.54, 1.807) is 6.20 Å². The fourth-order valence-corrected chi connectivity index (χ4v) is 4.32. The normalized spacial score (nSPS) is 20.4. The standard InChI is InChI=1S/C22H28N4O3/c23-13-18(22(27)24-19-4-2-1-3-5-19)15-26-10-8-25(9-11-26)14-17-6-7-20-21(12-17)29-16-28-20/h6-7,12,15,19H,1-5,8-11,14,16H2,(H,24,27)/p+1/b18-15+. The maximum Gasteiger partial charge on any atom is 0.263 e. The van der Waals surface area contributed by atoms with E-state index >= 15 is 0 Å². The van der Waals surface area contributed by atoms with Gasteiger partial charge in [0, 0.05) is 17.8 Å². The van der Waals surface area contributed by atoms with Crippen LogP contribution in [-0.2, 0) is 11.3 Å². The molecule has 7 nitrogen and oxygen atoms in total. The molecule has 1 aromatic carbocycles. The first-order valence-electron chi connectivity index (χ1n) is 10.6. The third-order valence-electron chi connectivity index (χ3n) is 6.01. The molecule has 0 spiro atoms. The number of quaternary nitrogens is 1. The maximum atomic E-state index is 12.5. The zero-order valence-electron chi connectivity index (χ0n) is 16.8. The molecule has 2 aliphatic heterocycles. The molecule has 2 fully saturated rings. The van der Waals surface area contributed by atoms with Crippen molar-refractivity contribution in [3.8, 4) is 17.6 Å². The van der Waals surface area contributed by atoms with Crippen molar-refractivity contribution < 1.29 is 19.2 Å². The molecule has 1 amide bonds. The van der Waals surface area contributed by atoms with E-state index in [4.69, 9.17) is 9.47 Å². The summed E-state index contributed by atoms with van der Waals surface area (Å²) in [7, 11) is 0. The lowest BCUT2D eigenvalue weighted by Crippen LogP contribution is -3.13. The number of nitrogens with zero attached hydrogens (tertiary/aromatic N) is 2. The van der Waals surface area contributed by atoms with E-state index < -0.39 is 0 Å². The number of nitriles is 1. The summed E-state index contributed by atoms with van der Waals surface area (Å²) in [5.41, 5.74) is 1.45. The molecule has 1 aromatic rings. The minimum atomic E-state index is -0.227. The summed E-state index contributed by atoms with van der Waals surface area (Å²) in [6.07, 6.45) is 7.34. The number of carbonyl (C=O) groups excluding carboxylic acids is 1. The Kier molecular flexibility index (Phi) is 6.20. The maximum absolute atomic E-state index is 12.5. The number of hydrogen-bond donors (Lipinski definition) is 2. The largest absolute Gasteiger partial charge is 0.454 e. The van der Waals surface area contributed by atoms with Crippen LogP contribution in [0.2, 0.25) is 0 Å². The second-order valence-corrected chi connectivity index (χ2v) is 8.11. The first kappa shape index (κ1) is 19.6. The SMILES string of the molecule is N#C/C(=C\N1CC[NH+](Cc2ccc3c(c2)OCO3)CC1)C(=O)NC1CCCCC1. The van der Waals surface area contributed by atoms with Gasteiger partial charge in [-0.3, -0.25) is 4.79 Å². The van der Waals surface area contributed by atoms with Gasteiger partial charge in [0.25, 0.3) is 5.91 Å². The molecule has 0 aromatic heterocycles. The average molecular weight is 397 g/mol. The summed E-state index contributed by atoms with van der Waals surface area (Å²) in [6.45, 7) is 4.83. The number of nitrogens with one attached hydrogen (secondary N) is 2. The number of fused-ring (bicyclic) bond motifs is 1. The van der Waals surface area contributed by atoms with Crippen molar-refractivity contribution >= 4 is 5.91 Å². The van der Waals surface area contributed by atoms with Gasteiger partial charge in [-0.2, -0.15) is 5.26 Å². The van der Waals surface area contributed by atoms with Crippen molar-refractivity contribution in [2.45, 2.75) is 44.7 Å². The van der Waals surface area contributed by atoms with Crippen LogP contribution in [0.4, 0.5) is 0 Å². The molecular weight excluding hydrogens is 368 g/mol. The molecule has 1 aliphatic carbocycles. The van der Waals surface area contributed by atoms with Crippen molar-refractivity contribution in [3.05, 3.63) is 35.5 Å². The lowest BCUT2D eigenvalue weighted by atomic mass is 9.95. The summed E-state index contributed by atoms with van der Waals surface area (Å²) in [5.74, 6) is 1.41. The summed E-state index contributed by atoms with van der Waals surface area (Å²) < 4.78 is 10.8. The molecule has 7 heteroatoms. The molecule has 0 bridgehead atoms. The van der Waals surface area contributed by atoms with Gasteiger partial charge in [-0.25, -0.2) is 0 Å². The third kappa shape index (κ3) is 5.01. The fourth-order valence-electron chi connectivity index (χ4n) is 4.32. The van der Waals surface area contributed by atoms with Crippen LogP contribution in [0.1, 0.15) is 37.7 Å². The monoisotopic (exact) mass is 397 g/mol. The number of rotatable bonds is 5. The Morgan fingerprint density at radius 1 is 1.21 bits per heavy atom. The lowest BCUT2D eigenvalue weighted by molar-refractivity contribution is -0.917. The van der Waals surface area contributed by atoms with Gasteiger partial charge < -0.3 is 24.6 Å². The van der Waals surface area contributed by atoms with Gasteiger partial charge in [-0.05, 0) is 31.0 Å². The first-order valence-corrected chi connectivity index (χ1v) is 10.6. The molecule has 2 N–H and O–H groups in total. The van der Waals surface area contributed by atoms with Gasteiger partial charge in [-0.15, -0.1) is 0 Å². The van der Waals surface area contributed by atoms with Crippen LogP contribution in [0.25, 0.3) is 0 Å². The summed E-state index contributed by atoms with van der Waals surface area (Å²) in [6, 6.07) is 8.43. The number of carbonyl (C=O) groups is 1. The Balaban J connectivity index is 1.27. The Bertz CT molecular complexity index is 803. The Morgan fingerprint density at radius 2 is 1.97 bits per heavy atom. The number of amides is 1. The predicted octanol–water partition coefficient (Wildman–Crippen LogP) is 0.972. The highest BCUT2D eigenvalue weighted by atomic mass is 16.7. The molecule has 1 saturated carbocycles. The van der Waals surface area contributed by atoms with Crippen LogP contribution in [0.5, 0.6) is 11.5 Å². The molecule has 3 aliphatic rings. The predicted molar refractivity (Wildman–Crippen MR) is 107 cm³/mol. The molecule has 2 heterocycles. The molecule has 29 heavy (non-hydrogen) atoms. The van der Waals surface area contributed by atoms with Crippen LogP contribution in [0.3, 0.4) is 0 Å². The topological polar surface area (TPSA) is 79.0 Å². The minimum absolute atomic E-state index is 0.217. The third-order valence-corrected chi connectivity index (χ3v) is 6.01. The number of hydrogen-bond acceptors (Lipinski definition) is 5. The average Bonchev–Trinajstić information content (AvgIpc) is 3.22. The van der Waals surface area contributed by atoms with Crippen molar-refractivity contribution in [2.24, 2.45) is 0 Å². The van der Waals surface area contributed by atoms with Crippen molar-refractivity contribution in [2.75, 3.05) is 33.0 Å². The van der Waals surface area contributed by atoms with Gasteiger partial charge in [0.1, 0.15) is 18.2 Å². The van der Waals surface area contributed by atoms with Crippen molar-refractivity contribution in [1.82, 2.24) is 10.2 Å². The number of benzene rings is 1. The minimum Gasteiger partial charge on any atom is -0.454 e. The smallest absolute Gasteiger partial charge is 0.263 e. The Labute approximate surface area is 171 Å². The first-order chi connectivity index (χ1) is 14.2. The molecule has 4 rings (SSSR count). The van der Waals surface area contributed by atoms with Crippen molar-refractivity contribution in [3.63, 3.8) is 0 Å². The van der Waals surface area contributed by atoms with Gasteiger partial charge in [0.2, 0.25) is 6.79 Å². The van der Waals surface area contributed by atoms with Crippen LogP contribution in [0, 0.1) is 11.3 Å². The van der Waals surface area contributed by atoms with Gasteiger partial charge in [0.15, 0.2) is 11.5 Å². The second-order valence-electron chi connectivity index (χ2n) is 8.11. The molecule has 1 saturated heterocycles. The van der Waals surface area contributed by atoms with Crippen molar-refractivity contribution in [1.29, 1.82) is 5.26 Å². The lowest BCUT2D eigenvalue weighted by Gasteiger charge is -2.31. The van der Waals surface area contributed by atoms with Gasteiger partial charge in [0.05, 0.1) is 26.2 Å². The quantitative estimate of drug-likeness (QED) is 0.572. The van der Waals surface area contributed by atoms with Crippen LogP contribution >= 0.6 is 0 Å². The Hall–Kier alpha value is -2.72. The molecule has 0 radical (unpaired) electrons. The van der Waals surface area contributed by atoms with Crippen LogP contribution in [0.15, 0.2) is 30.0 Å². The second kappa shape index (κ2) is 9.19.